The lowest BCUT2D eigenvalue weighted by Gasteiger charge is -2.65. The fourth-order valence-corrected chi connectivity index (χ4v) is 10.6. The predicted molar refractivity (Wildman–Crippen MR) is 141 cm³/mol. The summed E-state index contributed by atoms with van der Waals surface area (Å²) in [6.07, 6.45) is 7.67. The third-order valence-corrected chi connectivity index (χ3v) is 12.5. The Bertz CT molecular complexity index is 1090. The first-order chi connectivity index (χ1) is 19.0. The van der Waals surface area contributed by atoms with Crippen molar-refractivity contribution in [2.45, 2.75) is 133 Å². The largest absolute Gasteiger partial charge is 0.458 e. The summed E-state index contributed by atoms with van der Waals surface area (Å²) in [6.45, 7) is 6.35. The number of cyclic esters (lactones) is 1. The first kappa shape index (κ1) is 27.5. The lowest BCUT2D eigenvalue weighted by atomic mass is 9.41. The highest BCUT2D eigenvalue weighted by atomic mass is 16.8. The Morgan fingerprint density at radius 3 is 2.55 bits per heavy atom. The van der Waals surface area contributed by atoms with E-state index < -0.39 is 22.9 Å². The third-order valence-electron chi connectivity index (χ3n) is 12.5. The van der Waals surface area contributed by atoms with Crippen LogP contribution in [0, 0.1) is 28.6 Å². The van der Waals surface area contributed by atoms with E-state index in [1.807, 2.05) is 13.8 Å². The number of rotatable bonds is 4. The van der Waals surface area contributed by atoms with Gasteiger partial charge in [-0.3, -0.25) is 0 Å². The SMILES string of the molecule is CC1OC2CC(O[C@H]3CC[C@]4(C=O)[C@H]5CC[C@]6(C)[C@@H](C7=CC(=O)OC7)CC[C@]6(O)[C@@H]5CC[C@]4(O)C3)OC(C)C2O1. The molecule has 2 saturated heterocycles. The van der Waals surface area contributed by atoms with E-state index in [1.54, 1.807) is 6.08 Å². The molecule has 0 spiro atoms. The van der Waals surface area contributed by atoms with Crippen molar-refractivity contribution in [2.75, 3.05) is 6.61 Å². The van der Waals surface area contributed by atoms with Crippen molar-refractivity contribution in [2.24, 2.45) is 28.6 Å². The summed E-state index contributed by atoms with van der Waals surface area (Å²) >= 11 is 0. The van der Waals surface area contributed by atoms with Crippen LogP contribution < -0.4 is 0 Å². The minimum absolute atomic E-state index is 0.0706. The van der Waals surface area contributed by atoms with E-state index in [2.05, 4.69) is 6.92 Å². The van der Waals surface area contributed by atoms with E-state index in [1.165, 1.54) is 0 Å². The molecule has 0 aromatic rings. The Morgan fingerprint density at radius 1 is 1.00 bits per heavy atom. The van der Waals surface area contributed by atoms with Crippen molar-refractivity contribution in [3.05, 3.63) is 11.6 Å². The highest BCUT2D eigenvalue weighted by Crippen LogP contribution is 2.70. The molecule has 0 aromatic carbocycles. The minimum atomic E-state index is -1.18. The normalized spacial score (nSPS) is 55.5. The van der Waals surface area contributed by atoms with E-state index >= 15 is 0 Å². The Kier molecular flexibility index (Phi) is 6.40. The zero-order chi connectivity index (χ0) is 28.1. The van der Waals surface area contributed by atoms with Gasteiger partial charge in [-0.1, -0.05) is 6.92 Å². The lowest BCUT2D eigenvalue weighted by molar-refractivity contribution is -0.278. The van der Waals surface area contributed by atoms with Crippen LogP contribution in [0.4, 0.5) is 0 Å². The number of hydrogen-bond acceptors (Lipinski definition) is 9. The van der Waals surface area contributed by atoms with E-state index in [0.29, 0.717) is 51.6 Å². The van der Waals surface area contributed by atoms with Gasteiger partial charge in [0.05, 0.1) is 34.9 Å². The average molecular weight is 561 g/mol. The molecule has 5 unspecified atom stereocenters. The van der Waals surface area contributed by atoms with Crippen LogP contribution in [-0.2, 0) is 33.3 Å². The van der Waals surface area contributed by atoms with Crippen molar-refractivity contribution in [3.63, 3.8) is 0 Å². The fraction of sp³-hybridized carbons (Fsp3) is 0.871. The topological polar surface area (TPSA) is 121 Å². The maximum absolute atomic E-state index is 13.1. The Morgan fingerprint density at radius 2 is 1.80 bits per heavy atom. The van der Waals surface area contributed by atoms with Crippen LogP contribution in [-0.4, -0.2) is 77.3 Å². The molecule has 0 amide bonds. The van der Waals surface area contributed by atoms with E-state index in [4.69, 9.17) is 23.7 Å². The molecule has 6 fully saturated rings. The molecular weight excluding hydrogens is 516 g/mol. The van der Waals surface area contributed by atoms with Crippen molar-refractivity contribution < 1.29 is 43.5 Å². The summed E-state index contributed by atoms with van der Waals surface area (Å²) in [7, 11) is 0. The van der Waals surface area contributed by atoms with Crippen molar-refractivity contribution >= 4 is 12.3 Å². The van der Waals surface area contributed by atoms with Gasteiger partial charge in [0.2, 0.25) is 0 Å². The van der Waals surface area contributed by atoms with E-state index in [9.17, 15) is 19.8 Å². The molecule has 0 aromatic heterocycles. The number of hydrogen-bond donors (Lipinski definition) is 2. The third kappa shape index (κ3) is 3.73. The van der Waals surface area contributed by atoms with E-state index in [-0.39, 0.29) is 59.8 Å². The molecule has 0 bridgehead atoms. The van der Waals surface area contributed by atoms with Gasteiger partial charge in [-0.2, -0.15) is 0 Å². The molecule has 222 valence electrons. The van der Waals surface area contributed by atoms with Gasteiger partial charge >= 0.3 is 5.97 Å². The molecule has 3 heterocycles. The summed E-state index contributed by atoms with van der Waals surface area (Å²) in [5.74, 6) is -0.361. The quantitative estimate of drug-likeness (QED) is 0.303. The van der Waals surface area contributed by atoms with Gasteiger partial charge in [0, 0.05) is 24.3 Å². The van der Waals surface area contributed by atoms with Crippen molar-refractivity contribution in [1.29, 1.82) is 0 Å². The van der Waals surface area contributed by atoms with Crippen LogP contribution in [0.25, 0.3) is 0 Å². The molecule has 7 aliphatic rings. The van der Waals surface area contributed by atoms with Gasteiger partial charge in [0.1, 0.15) is 19.0 Å². The van der Waals surface area contributed by atoms with Crippen LogP contribution in [0.1, 0.15) is 85.0 Å². The van der Waals surface area contributed by atoms with Gasteiger partial charge in [-0.05, 0) is 88.5 Å². The van der Waals surface area contributed by atoms with Crippen LogP contribution >= 0.6 is 0 Å². The highest BCUT2D eigenvalue weighted by molar-refractivity contribution is 5.85. The highest BCUT2D eigenvalue weighted by Gasteiger charge is 2.71. The molecule has 40 heavy (non-hydrogen) atoms. The average Bonchev–Trinajstić information content (AvgIpc) is 3.58. The van der Waals surface area contributed by atoms with Gasteiger partial charge in [-0.25, -0.2) is 4.79 Å². The standard InChI is InChI=1S/C31H44O9/c1-17-27-24(38-18(2)39-27)13-26(37-17)40-20-4-9-29(16-32)22-5-8-28(3)21(19-12-25(33)36-15-19)7-11-31(28,35)23(22)6-10-30(29,34)14-20/h12,16-18,20-24,26-27,34-35H,4-11,13-15H2,1-3H3/t17?,18?,20-,21+,22-,23+,24?,26?,27?,28+,29-,30-,31-/m0/s1. The summed E-state index contributed by atoms with van der Waals surface area (Å²) in [5, 5.41) is 24.6. The number of aliphatic hydroxyl groups is 2. The summed E-state index contributed by atoms with van der Waals surface area (Å²) < 4.78 is 29.6. The Hall–Kier alpha value is -1.36. The number of carbonyl (C=O) groups is 2. The molecule has 7 rings (SSSR count). The Labute approximate surface area is 235 Å². The van der Waals surface area contributed by atoms with E-state index in [0.717, 1.165) is 31.1 Å². The van der Waals surface area contributed by atoms with Gasteiger partial charge in [0.25, 0.3) is 0 Å². The zero-order valence-electron chi connectivity index (χ0n) is 23.9. The number of fused-ring (bicyclic) bond motifs is 6. The van der Waals surface area contributed by atoms with Crippen LogP contribution in [0.15, 0.2) is 11.6 Å². The second-order valence-electron chi connectivity index (χ2n) is 14.1. The molecule has 2 N–H and O–H groups in total. The molecule has 9 heteroatoms. The lowest BCUT2D eigenvalue weighted by Crippen LogP contribution is -2.69. The molecule has 4 aliphatic carbocycles. The number of esters is 1. The molecule has 13 atom stereocenters. The second-order valence-corrected chi connectivity index (χ2v) is 14.1. The fourth-order valence-electron chi connectivity index (χ4n) is 10.6. The van der Waals surface area contributed by atoms with Crippen LogP contribution in [0.5, 0.6) is 0 Å². The molecule has 4 saturated carbocycles. The first-order valence-electron chi connectivity index (χ1n) is 15.4. The van der Waals surface area contributed by atoms with Gasteiger partial charge in [-0.15, -0.1) is 0 Å². The maximum Gasteiger partial charge on any atom is 0.331 e. The number of aldehydes is 1. The second kappa shape index (κ2) is 9.32. The smallest absolute Gasteiger partial charge is 0.331 e. The maximum atomic E-state index is 13.1. The molecule has 3 aliphatic heterocycles. The summed E-state index contributed by atoms with van der Waals surface area (Å²) in [6, 6.07) is 0. The first-order valence-corrected chi connectivity index (χ1v) is 15.4. The molecule has 0 radical (unpaired) electrons. The van der Waals surface area contributed by atoms with Crippen molar-refractivity contribution in [1.82, 2.24) is 0 Å². The minimum Gasteiger partial charge on any atom is -0.458 e. The van der Waals surface area contributed by atoms with Crippen LogP contribution in [0.3, 0.4) is 0 Å². The van der Waals surface area contributed by atoms with Crippen LogP contribution in [0.2, 0.25) is 0 Å². The molecular formula is C31H44O9. The number of carbonyl (C=O) groups excluding carboxylic acids is 2. The Balaban J connectivity index is 1.09. The summed E-state index contributed by atoms with van der Waals surface area (Å²) in [5.41, 5.74) is -2.42. The van der Waals surface area contributed by atoms with Gasteiger partial charge < -0.3 is 38.7 Å². The predicted octanol–water partition coefficient (Wildman–Crippen LogP) is 3.19. The summed E-state index contributed by atoms with van der Waals surface area (Å²) in [4.78, 5) is 24.9. The zero-order valence-corrected chi connectivity index (χ0v) is 23.9. The monoisotopic (exact) mass is 560 g/mol. The number of ether oxygens (including phenoxy) is 5. The van der Waals surface area contributed by atoms with Crippen molar-refractivity contribution in [3.8, 4) is 0 Å². The van der Waals surface area contributed by atoms with Gasteiger partial charge in [0.15, 0.2) is 12.6 Å². The molecule has 9 nitrogen and oxygen atoms in total.